The Balaban J connectivity index is 2.78. The molecule has 0 aliphatic carbocycles. The summed E-state index contributed by atoms with van der Waals surface area (Å²) in [5.74, 6) is -0.366. The predicted octanol–water partition coefficient (Wildman–Crippen LogP) is 1.90. The minimum absolute atomic E-state index is 0.174. The highest BCUT2D eigenvalue weighted by molar-refractivity contribution is 5.92. The van der Waals surface area contributed by atoms with E-state index in [4.69, 9.17) is 10.5 Å². The van der Waals surface area contributed by atoms with E-state index in [1.807, 2.05) is 0 Å². The van der Waals surface area contributed by atoms with E-state index >= 15 is 0 Å². The van der Waals surface area contributed by atoms with Crippen LogP contribution >= 0.6 is 0 Å². The Morgan fingerprint density at radius 2 is 2.18 bits per heavy atom. The quantitative estimate of drug-likeness (QED) is 0.844. The Bertz CT molecular complexity index is 413. The van der Waals surface area contributed by atoms with Crippen molar-refractivity contribution in [1.29, 1.82) is 0 Å². The van der Waals surface area contributed by atoms with E-state index in [2.05, 4.69) is 5.32 Å². The fraction of sp³-hybridized carbons (Fsp3) is 0.417. The summed E-state index contributed by atoms with van der Waals surface area (Å²) in [7, 11) is 1.41. The van der Waals surface area contributed by atoms with Gasteiger partial charge in [0.2, 0.25) is 5.91 Å². The van der Waals surface area contributed by atoms with E-state index in [1.54, 1.807) is 13.8 Å². The van der Waals surface area contributed by atoms with Gasteiger partial charge in [0.1, 0.15) is 11.6 Å². The Morgan fingerprint density at radius 3 is 2.71 bits per heavy atom. The van der Waals surface area contributed by atoms with Crippen molar-refractivity contribution < 1.29 is 13.9 Å². The summed E-state index contributed by atoms with van der Waals surface area (Å²) in [6, 6.07) is 3.92. The molecule has 1 aromatic carbocycles. The van der Waals surface area contributed by atoms with Crippen LogP contribution in [0.15, 0.2) is 18.2 Å². The number of benzene rings is 1. The third-order valence-corrected chi connectivity index (χ3v) is 2.05. The highest BCUT2D eigenvalue weighted by Gasteiger charge is 2.17. The molecule has 0 unspecified atom stereocenters. The van der Waals surface area contributed by atoms with Gasteiger partial charge in [-0.2, -0.15) is 0 Å². The minimum Gasteiger partial charge on any atom is -0.494 e. The maximum Gasteiger partial charge on any atom is 0.226 e. The van der Waals surface area contributed by atoms with Crippen molar-refractivity contribution >= 4 is 11.6 Å². The molecule has 0 aliphatic rings. The maximum atomic E-state index is 12.9. The van der Waals surface area contributed by atoms with Crippen LogP contribution in [0.1, 0.15) is 20.3 Å². The fourth-order valence-electron chi connectivity index (χ4n) is 1.38. The van der Waals surface area contributed by atoms with Crippen molar-refractivity contribution in [3.8, 4) is 5.75 Å². The number of hydrogen-bond donors (Lipinski definition) is 2. The third kappa shape index (κ3) is 4.40. The molecule has 1 rings (SSSR count). The molecule has 3 N–H and O–H groups in total. The summed E-state index contributed by atoms with van der Waals surface area (Å²) >= 11 is 0. The van der Waals surface area contributed by atoms with Gasteiger partial charge in [0, 0.05) is 18.0 Å². The molecule has 5 heteroatoms. The average molecular weight is 240 g/mol. The molecule has 94 valence electrons. The number of ether oxygens (including phenoxy) is 1. The number of methoxy groups -OCH3 is 1. The van der Waals surface area contributed by atoms with Crippen LogP contribution in [-0.2, 0) is 4.79 Å². The van der Waals surface area contributed by atoms with Gasteiger partial charge >= 0.3 is 0 Å². The van der Waals surface area contributed by atoms with E-state index in [9.17, 15) is 9.18 Å². The monoisotopic (exact) mass is 240 g/mol. The molecule has 0 spiro atoms. The van der Waals surface area contributed by atoms with Crippen LogP contribution in [-0.4, -0.2) is 18.6 Å². The lowest BCUT2D eigenvalue weighted by Gasteiger charge is -2.18. The van der Waals surface area contributed by atoms with Crippen molar-refractivity contribution in [2.45, 2.75) is 25.8 Å². The van der Waals surface area contributed by atoms with E-state index in [-0.39, 0.29) is 18.1 Å². The van der Waals surface area contributed by atoms with Gasteiger partial charge in [-0.3, -0.25) is 4.79 Å². The Kier molecular flexibility index (Phi) is 4.07. The number of halogens is 1. The molecule has 1 amide bonds. The summed E-state index contributed by atoms with van der Waals surface area (Å²) in [5.41, 5.74) is 5.58. The van der Waals surface area contributed by atoms with Gasteiger partial charge in [0.15, 0.2) is 0 Å². The SMILES string of the molecule is COc1cc(F)ccc1NC(=O)CC(C)(C)N. The number of hydrogen-bond acceptors (Lipinski definition) is 3. The molecular weight excluding hydrogens is 223 g/mol. The van der Waals surface area contributed by atoms with Crippen LogP contribution in [0.3, 0.4) is 0 Å². The summed E-state index contributed by atoms with van der Waals surface area (Å²) in [5, 5.41) is 2.63. The highest BCUT2D eigenvalue weighted by atomic mass is 19.1. The zero-order valence-electron chi connectivity index (χ0n) is 10.2. The first kappa shape index (κ1) is 13.4. The number of nitrogens with two attached hydrogens (primary N) is 1. The smallest absolute Gasteiger partial charge is 0.226 e. The largest absolute Gasteiger partial charge is 0.494 e. The minimum atomic E-state index is -0.586. The van der Waals surface area contributed by atoms with E-state index in [0.29, 0.717) is 5.69 Å². The van der Waals surface area contributed by atoms with Crippen molar-refractivity contribution in [3.63, 3.8) is 0 Å². The lowest BCUT2D eigenvalue weighted by Crippen LogP contribution is -2.36. The van der Waals surface area contributed by atoms with Gasteiger partial charge in [0.05, 0.1) is 12.8 Å². The molecule has 0 radical (unpaired) electrons. The molecule has 0 saturated carbocycles. The van der Waals surface area contributed by atoms with Crippen LogP contribution in [0.2, 0.25) is 0 Å². The van der Waals surface area contributed by atoms with Gasteiger partial charge in [-0.25, -0.2) is 4.39 Å². The van der Waals surface area contributed by atoms with Crippen molar-refractivity contribution in [1.82, 2.24) is 0 Å². The average Bonchev–Trinajstić information content (AvgIpc) is 2.17. The van der Waals surface area contributed by atoms with Gasteiger partial charge in [-0.15, -0.1) is 0 Å². The molecule has 0 atom stereocenters. The zero-order chi connectivity index (χ0) is 13.1. The normalized spacial score (nSPS) is 11.1. The van der Waals surface area contributed by atoms with E-state index in [0.717, 1.165) is 0 Å². The molecule has 0 aliphatic heterocycles. The molecule has 1 aromatic rings. The second-order valence-corrected chi connectivity index (χ2v) is 4.56. The predicted molar refractivity (Wildman–Crippen MR) is 64.5 cm³/mol. The Labute approximate surface area is 100.0 Å². The number of nitrogens with one attached hydrogen (secondary N) is 1. The molecule has 0 bridgehead atoms. The summed E-state index contributed by atoms with van der Waals surface area (Å²) in [6.07, 6.45) is 0.174. The van der Waals surface area contributed by atoms with Crippen LogP contribution in [0.25, 0.3) is 0 Å². The number of carbonyl (C=O) groups is 1. The molecule has 4 nitrogen and oxygen atoms in total. The van der Waals surface area contributed by atoms with Crippen LogP contribution in [0.5, 0.6) is 5.75 Å². The number of anilines is 1. The Morgan fingerprint density at radius 1 is 1.53 bits per heavy atom. The van der Waals surface area contributed by atoms with Crippen molar-refractivity contribution in [2.24, 2.45) is 5.73 Å². The van der Waals surface area contributed by atoms with Crippen molar-refractivity contribution in [2.75, 3.05) is 12.4 Å². The lowest BCUT2D eigenvalue weighted by molar-refractivity contribution is -0.117. The topological polar surface area (TPSA) is 64.3 Å². The molecule has 0 aromatic heterocycles. The van der Waals surface area contributed by atoms with E-state index in [1.165, 1.54) is 25.3 Å². The lowest BCUT2D eigenvalue weighted by atomic mass is 10.0. The summed E-state index contributed by atoms with van der Waals surface area (Å²) in [4.78, 5) is 11.6. The first-order valence-electron chi connectivity index (χ1n) is 5.24. The Hall–Kier alpha value is -1.62. The second-order valence-electron chi connectivity index (χ2n) is 4.56. The van der Waals surface area contributed by atoms with Crippen LogP contribution in [0.4, 0.5) is 10.1 Å². The third-order valence-electron chi connectivity index (χ3n) is 2.05. The first-order valence-corrected chi connectivity index (χ1v) is 5.24. The van der Waals surface area contributed by atoms with Gasteiger partial charge in [-0.05, 0) is 26.0 Å². The van der Waals surface area contributed by atoms with Crippen LogP contribution < -0.4 is 15.8 Å². The first-order chi connectivity index (χ1) is 7.81. The highest BCUT2D eigenvalue weighted by Crippen LogP contribution is 2.25. The molecule has 0 heterocycles. The van der Waals surface area contributed by atoms with E-state index < -0.39 is 11.4 Å². The molecular formula is C12H17FN2O2. The van der Waals surface area contributed by atoms with Gasteiger partial charge in [-0.1, -0.05) is 0 Å². The zero-order valence-corrected chi connectivity index (χ0v) is 10.2. The molecule has 0 saturated heterocycles. The molecule has 17 heavy (non-hydrogen) atoms. The summed E-state index contributed by atoms with van der Waals surface area (Å²) < 4.78 is 17.9. The summed E-state index contributed by atoms with van der Waals surface area (Å²) in [6.45, 7) is 3.52. The van der Waals surface area contributed by atoms with Crippen molar-refractivity contribution in [3.05, 3.63) is 24.0 Å². The fourth-order valence-corrected chi connectivity index (χ4v) is 1.38. The standard InChI is InChI=1S/C12H17FN2O2/c1-12(2,14)7-11(16)15-9-5-4-8(13)6-10(9)17-3/h4-6H,7,14H2,1-3H3,(H,15,16). The molecule has 0 fully saturated rings. The van der Waals surface area contributed by atoms with Gasteiger partial charge < -0.3 is 15.8 Å². The number of carbonyl (C=O) groups excluding carboxylic acids is 1. The second kappa shape index (κ2) is 5.14. The van der Waals surface area contributed by atoms with Crippen LogP contribution in [0, 0.1) is 5.82 Å². The maximum absolute atomic E-state index is 12.9. The number of rotatable bonds is 4. The van der Waals surface area contributed by atoms with Gasteiger partial charge in [0.25, 0.3) is 0 Å². The number of amides is 1.